The van der Waals surface area contributed by atoms with Crippen LogP contribution in [0.15, 0.2) is 48.8 Å². The van der Waals surface area contributed by atoms with Crippen LogP contribution in [0.5, 0.6) is 0 Å². The topological polar surface area (TPSA) is 52.1 Å². The second-order valence-electron chi connectivity index (χ2n) is 4.54. The first-order chi connectivity index (χ1) is 10.6. The van der Waals surface area contributed by atoms with Gasteiger partial charge in [0.15, 0.2) is 0 Å². The second kappa shape index (κ2) is 6.30. The van der Waals surface area contributed by atoms with E-state index in [2.05, 4.69) is 9.97 Å². The van der Waals surface area contributed by atoms with E-state index in [4.69, 9.17) is 27.9 Å². The van der Waals surface area contributed by atoms with Gasteiger partial charge in [-0.15, -0.1) is 0 Å². The Morgan fingerprint density at radius 3 is 2.41 bits per heavy atom. The monoisotopic (exact) mass is 332 g/mol. The van der Waals surface area contributed by atoms with Crippen LogP contribution in [0, 0.1) is 0 Å². The van der Waals surface area contributed by atoms with Gasteiger partial charge in [0.25, 0.3) is 0 Å². The number of ether oxygens (including phenoxy) is 1. The first-order valence-electron chi connectivity index (χ1n) is 6.46. The Hall–Kier alpha value is -2.17. The summed E-state index contributed by atoms with van der Waals surface area (Å²) in [6.07, 6.45) is 3.17. The lowest BCUT2D eigenvalue weighted by Gasteiger charge is -2.08. The molecular weight excluding hydrogens is 323 g/mol. The van der Waals surface area contributed by atoms with Crippen LogP contribution < -0.4 is 0 Å². The Kier molecular flexibility index (Phi) is 4.22. The molecule has 0 saturated heterocycles. The highest BCUT2D eigenvalue weighted by Gasteiger charge is 2.12. The SMILES string of the molecule is O=C(OCc1c(Cl)cccc1Cl)c1ccc2nccnc2c1. The second-order valence-corrected chi connectivity index (χ2v) is 5.35. The van der Waals surface area contributed by atoms with E-state index in [0.29, 0.717) is 32.2 Å². The number of benzene rings is 2. The van der Waals surface area contributed by atoms with Crippen molar-refractivity contribution >= 4 is 40.2 Å². The molecule has 2 aromatic carbocycles. The third kappa shape index (κ3) is 3.03. The molecule has 0 aliphatic rings. The Morgan fingerprint density at radius 2 is 1.68 bits per heavy atom. The maximum atomic E-state index is 12.1. The first kappa shape index (κ1) is 14.8. The summed E-state index contributed by atoms with van der Waals surface area (Å²) in [4.78, 5) is 20.4. The number of esters is 1. The number of hydrogen-bond donors (Lipinski definition) is 0. The molecule has 3 aromatic rings. The summed E-state index contributed by atoms with van der Waals surface area (Å²) in [5.74, 6) is -0.469. The van der Waals surface area contributed by atoms with E-state index >= 15 is 0 Å². The van der Waals surface area contributed by atoms with Gasteiger partial charge in [-0.2, -0.15) is 0 Å². The molecule has 6 heteroatoms. The summed E-state index contributed by atoms with van der Waals surface area (Å²) < 4.78 is 5.27. The zero-order valence-corrected chi connectivity index (χ0v) is 12.8. The minimum atomic E-state index is -0.469. The maximum Gasteiger partial charge on any atom is 0.338 e. The molecule has 0 aliphatic heterocycles. The highest BCUT2D eigenvalue weighted by Crippen LogP contribution is 2.25. The van der Waals surface area contributed by atoms with E-state index < -0.39 is 5.97 Å². The number of aromatic nitrogens is 2. The van der Waals surface area contributed by atoms with E-state index in [9.17, 15) is 4.79 Å². The summed E-state index contributed by atoms with van der Waals surface area (Å²) in [6, 6.07) is 10.1. The lowest BCUT2D eigenvalue weighted by atomic mass is 10.2. The number of halogens is 2. The predicted octanol–water partition coefficient (Wildman–Crippen LogP) is 4.29. The van der Waals surface area contributed by atoms with Crippen LogP contribution in [0.25, 0.3) is 11.0 Å². The van der Waals surface area contributed by atoms with Crippen LogP contribution in [-0.4, -0.2) is 15.9 Å². The van der Waals surface area contributed by atoms with Crippen molar-refractivity contribution < 1.29 is 9.53 Å². The molecule has 0 bridgehead atoms. The van der Waals surface area contributed by atoms with Crippen molar-refractivity contribution in [3.63, 3.8) is 0 Å². The van der Waals surface area contributed by atoms with Gasteiger partial charge in [0.1, 0.15) is 6.61 Å². The lowest BCUT2D eigenvalue weighted by Crippen LogP contribution is -2.06. The van der Waals surface area contributed by atoms with Crippen LogP contribution in [0.1, 0.15) is 15.9 Å². The van der Waals surface area contributed by atoms with Crippen molar-refractivity contribution in [2.24, 2.45) is 0 Å². The standard InChI is InChI=1S/C16H10Cl2N2O2/c17-12-2-1-3-13(18)11(12)9-22-16(21)10-4-5-14-15(8-10)20-7-6-19-14/h1-8H,9H2. The third-order valence-electron chi connectivity index (χ3n) is 3.11. The van der Waals surface area contributed by atoms with Crippen molar-refractivity contribution in [1.29, 1.82) is 0 Å². The lowest BCUT2D eigenvalue weighted by molar-refractivity contribution is 0.0473. The van der Waals surface area contributed by atoms with Crippen LogP contribution in [0.3, 0.4) is 0 Å². The molecule has 4 nitrogen and oxygen atoms in total. The normalized spacial score (nSPS) is 10.6. The van der Waals surface area contributed by atoms with Gasteiger partial charge in [-0.3, -0.25) is 9.97 Å². The fourth-order valence-corrected chi connectivity index (χ4v) is 2.49. The summed E-state index contributed by atoms with van der Waals surface area (Å²) in [6.45, 7) is 0.00977. The summed E-state index contributed by atoms with van der Waals surface area (Å²) >= 11 is 12.1. The van der Waals surface area contributed by atoms with Crippen LogP contribution >= 0.6 is 23.2 Å². The molecule has 1 heterocycles. The molecule has 0 saturated carbocycles. The Bertz CT molecular complexity index is 832. The molecular formula is C16H10Cl2N2O2. The van der Waals surface area contributed by atoms with Crippen LogP contribution in [0.4, 0.5) is 0 Å². The number of nitrogens with zero attached hydrogens (tertiary/aromatic N) is 2. The molecule has 0 N–H and O–H groups in total. The van der Waals surface area contributed by atoms with E-state index in [1.165, 1.54) is 0 Å². The molecule has 0 amide bonds. The number of carbonyl (C=O) groups excluding carboxylic acids is 1. The summed E-state index contributed by atoms with van der Waals surface area (Å²) in [5, 5.41) is 0.925. The van der Waals surface area contributed by atoms with E-state index in [0.717, 1.165) is 0 Å². The quantitative estimate of drug-likeness (QED) is 0.671. The molecule has 22 heavy (non-hydrogen) atoms. The van der Waals surface area contributed by atoms with Crippen molar-refractivity contribution in [3.8, 4) is 0 Å². The zero-order chi connectivity index (χ0) is 15.5. The van der Waals surface area contributed by atoms with Gasteiger partial charge in [-0.05, 0) is 30.3 Å². The maximum absolute atomic E-state index is 12.1. The molecule has 3 rings (SSSR count). The molecule has 0 spiro atoms. The highest BCUT2D eigenvalue weighted by molar-refractivity contribution is 6.35. The first-order valence-corrected chi connectivity index (χ1v) is 7.21. The zero-order valence-electron chi connectivity index (χ0n) is 11.3. The summed E-state index contributed by atoms with van der Waals surface area (Å²) in [7, 11) is 0. The van der Waals surface area contributed by atoms with Gasteiger partial charge in [0, 0.05) is 28.0 Å². The molecule has 0 fully saturated rings. The summed E-state index contributed by atoms with van der Waals surface area (Å²) in [5.41, 5.74) is 2.33. The third-order valence-corrected chi connectivity index (χ3v) is 3.82. The molecule has 0 unspecified atom stereocenters. The average Bonchev–Trinajstić information content (AvgIpc) is 2.53. The smallest absolute Gasteiger partial charge is 0.338 e. The molecule has 0 atom stereocenters. The number of fused-ring (bicyclic) bond motifs is 1. The minimum absolute atomic E-state index is 0.00977. The predicted molar refractivity (Wildman–Crippen MR) is 85.1 cm³/mol. The van der Waals surface area contributed by atoms with Gasteiger partial charge >= 0.3 is 5.97 Å². The molecule has 0 radical (unpaired) electrons. The Labute approximate surface area is 136 Å². The Morgan fingerprint density at radius 1 is 1.00 bits per heavy atom. The van der Waals surface area contributed by atoms with Crippen LogP contribution in [0.2, 0.25) is 10.0 Å². The number of carbonyl (C=O) groups is 1. The molecule has 0 aliphatic carbocycles. The van der Waals surface area contributed by atoms with Gasteiger partial charge in [0.2, 0.25) is 0 Å². The Balaban J connectivity index is 1.79. The molecule has 1 aromatic heterocycles. The van der Waals surface area contributed by atoms with Crippen molar-refractivity contribution in [1.82, 2.24) is 9.97 Å². The number of hydrogen-bond acceptors (Lipinski definition) is 4. The van der Waals surface area contributed by atoms with Gasteiger partial charge < -0.3 is 4.74 Å². The van der Waals surface area contributed by atoms with Crippen molar-refractivity contribution in [2.75, 3.05) is 0 Å². The fraction of sp³-hybridized carbons (Fsp3) is 0.0625. The minimum Gasteiger partial charge on any atom is -0.457 e. The van der Waals surface area contributed by atoms with E-state index in [-0.39, 0.29) is 6.61 Å². The van der Waals surface area contributed by atoms with E-state index in [1.807, 2.05) is 0 Å². The van der Waals surface area contributed by atoms with Crippen molar-refractivity contribution in [3.05, 3.63) is 70.0 Å². The fourth-order valence-electron chi connectivity index (χ4n) is 1.98. The van der Waals surface area contributed by atoms with Crippen molar-refractivity contribution in [2.45, 2.75) is 6.61 Å². The van der Waals surface area contributed by atoms with Gasteiger partial charge in [-0.25, -0.2) is 4.79 Å². The van der Waals surface area contributed by atoms with Gasteiger partial charge in [-0.1, -0.05) is 29.3 Å². The average molecular weight is 333 g/mol. The molecule has 110 valence electrons. The largest absolute Gasteiger partial charge is 0.457 e. The van der Waals surface area contributed by atoms with Crippen LogP contribution in [-0.2, 0) is 11.3 Å². The van der Waals surface area contributed by atoms with Gasteiger partial charge in [0.05, 0.1) is 16.6 Å². The highest BCUT2D eigenvalue weighted by atomic mass is 35.5. The number of rotatable bonds is 3. The van der Waals surface area contributed by atoms with E-state index in [1.54, 1.807) is 48.8 Å².